The summed E-state index contributed by atoms with van der Waals surface area (Å²) in [6.07, 6.45) is 2.23. The van der Waals surface area contributed by atoms with E-state index in [1.165, 1.54) is 0 Å². The fourth-order valence-corrected chi connectivity index (χ4v) is 3.39. The van der Waals surface area contributed by atoms with Gasteiger partial charge in [-0.15, -0.1) is 0 Å². The number of amides is 2. The Bertz CT molecular complexity index is 690. The molecule has 2 aliphatic heterocycles. The lowest BCUT2D eigenvalue weighted by molar-refractivity contribution is -0.121. The molecule has 6 heteroatoms. The van der Waals surface area contributed by atoms with Crippen molar-refractivity contribution < 1.29 is 9.59 Å². The van der Waals surface area contributed by atoms with Crippen LogP contribution in [0.3, 0.4) is 0 Å². The Labute approximate surface area is 121 Å². The molecule has 0 unspecified atom stereocenters. The number of nitrogens with zero attached hydrogens (tertiary/aromatic N) is 2. The molecule has 2 aliphatic rings. The van der Waals surface area contributed by atoms with E-state index in [0.29, 0.717) is 18.8 Å². The van der Waals surface area contributed by atoms with Crippen LogP contribution in [0.5, 0.6) is 0 Å². The molecule has 21 heavy (non-hydrogen) atoms. The predicted octanol–water partition coefficient (Wildman–Crippen LogP) is 1.06. The third kappa shape index (κ3) is 1.98. The number of aromatic nitrogens is 2. The summed E-state index contributed by atoms with van der Waals surface area (Å²) in [5, 5.41) is 2.88. The molecule has 1 aromatic carbocycles. The molecule has 2 amide bonds. The highest BCUT2D eigenvalue weighted by molar-refractivity contribution is 5.95. The zero-order valence-electron chi connectivity index (χ0n) is 11.5. The smallest absolute Gasteiger partial charge is 0.290 e. The second-order valence-corrected chi connectivity index (χ2v) is 5.71. The van der Waals surface area contributed by atoms with Crippen molar-refractivity contribution in [3.05, 3.63) is 30.1 Å². The second kappa shape index (κ2) is 4.58. The Kier molecular flexibility index (Phi) is 2.70. The summed E-state index contributed by atoms with van der Waals surface area (Å²) in [6.45, 7) is 0.543. The summed E-state index contributed by atoms with van der Waals surface area (Å²) in [7, 11) is 0. The number of H-pyrrole nitrogens is 1. The van der Waals surface area contributed by atoms with Crippen LogP contribution in [0.1, 0.15) is 29.9 Å². The Morgan fingerprint density at radius 2 is 2.05 bits per heavy atom. The maximum absolute atomic E-state index is 12.8. The Morgan fingerprint density at radius 3 is 2.90 bits per heavy atom. The highest BCUT2D eigenvalue weighted by atomic mass is 16.2. The predicted molar refractivity (Wildman–Crippen MR) is 76.7 cm³/mol. The van der Waals surface area contributed by atoms with Crippen LogP contribution in [-0.4, -0.2) is 45.3 Å². The minimum absolute atomic E-state index is 0.00166. The van der Waals surface area contributed by atoms with E-state index < -0.39 is 0 Å². The average molecular weight is 284 g/mol. The molecule has 4 rings (SSSR count). The van der Waals surface area contributed by atoms with Gasteiger partial charge in [0.15, 0.2) is 5.82 Å². The number of benzene rings is 1. The molecule has 2 aromatic rings. The first-order valence-electron chi connectivity index (χ1n) is 7.26. The van der Waals surface area contributed by atoms with E-state index in [4.69, 9.17) is 0 Å². The standard InChI is InChI=1S/C15H16N4O2/c20-13-7-9-5-6-10(8-16-13)19(9)15(21)14-17-11-3-1-2-4-12(11)18-14/h1-4,9-10H,5-8H2,(H,16,20)(H,17,18)/t9-,10+/m0/s1. The van der Waals surface area contributed by atoms with Crippen LogP contribution in [-0.2, 0) is 4.79 Å². The summed E-state index contributed by atoms with van der Waals surface area (Å²) >= 11 is 0. The summed E-state index contributed by atoms with van der Waals surface area (Å²) in [6, 6.07) is 7.68. The Hall–Kier alpha value is -2.37. The maximum atomic E-state index is 12.8. The third-order valence-corrected chi connectivity index (χ3v) is 4.40. The highest BCUT2D eigenvalue weighted by Gasteiger charge is 2.41. The third-order valence-electron chi connectivity index (χ3n) is 4.40. The molecule has 6 nitrogen and oxygen atoms in total. The van der Waals surface area contributed by atoms with Gasteiger partial charge >= 0.3 is 0 Å². The lowest BCUT2D eigenvalue weighted by Gasteiger charge is -2.26. The molecule has 0 aliphatic carbocycles. The molecule has 2 saturated heterocycles. The summed E-state index contributed by atoms with van der Waals surface area (Å²) in [5.74, 6) is 0.294. The van der Waals surface area contributed by atoms with Gasteiger partial charge in [0.25, 0.3) is 5.91 Å². The highest BCUT2D eigenvalue weighted by Crippen LogP contribution is 2.29. The molecule has 0 saturated carbocycles. The van der Waals surface area contributed by atoms with Crippen LogP contribution in [0.4, 0.5) is 0 Å². The number of nitrogens with one attached hydrogen (secondary N) is 2. The van der Waals surface area contributed by atoms with E-state index in [-0.39, 0.29) is 23.9 Å². The van der Waals surface area contributed by atoms with Gasteiger partial charge in [-0.25, -0.2) is 4.98 Å². The lowest BCUT2D eigenvalue weighted by Crippen LogP contribution is -2.42. The molecule has 2 fully saturated rings. The fraction of sp³-hybridized carbons (Fsp3) is 0.400. The van der Waals surface area contributed by atoms with Gasteiger partial charge in [-0.3, -0.25) is 9.59 Å². The van der Waals surface area contributed by atoms with Gasteiger partial charge < -0.3 is 15.2 Å². The maximum Gasteiger partial charge on any atom is 0.290 e. The minimum atomic E-state index is -0.102. The van der Waals surface area contributed by atoms with Gasteiger partial charge in [0.1, 0.15) is 0 Å². The molecule has 0 spiro atoms. The molecule has 2 bridgehead atoms. The normalized spacial score (nSPS) is 25.0. The van der Waals surface area contributed by atoms with Crippen molar-refractivity contribution in [3.8, 4) is 0 Å². The Balaban J connectivity index is 1.68. The van der Waals surface area contributed by atoms with Crippen molar-refractivity contribution in [2.45, 2.75) is 31.3 Å². The van der Waals surface area contributed by atoms with Crippen LogP contribution in [0.25, 0.3) is 11.0 Å². The number of rotatable bonds is 1. The molecule has 108 valence electrons. The summed E-state index contributed by atoms with van der Waals surface area (Å²) in [4.78, 5) is 33.7. The number of hydrogen-bond acceptors (Lipinski definition) is 3. The average Bonchev–Trinajstić information content (AvgIpc) is 3.03. The van der Waals surface area contributed by atoms with Gasteiger partial charge in [0.2, 0.25) is 5.91 Å². The second-order valence-electron chi connectivity index (χ2n) is 5.71. The van der Waals surface area contributed by atoms with Crippen molar-refractivity contribution in [1.29, 1.82) is 0 Å². The summed E-state index contributed by atoms with van der Waals surface area (Å²) < 4.78 is 0. The van der Waals surface area contributed by atoms with Crippen molar-refractivity contribution in [3.63, 3.8) is 0 Å². The Morgan fingerprint density at radius 1 is 1.24 bits per heavy atom. The largest absolute Gasteiger partial charge is 0.354 e. The number of carbonyl (C=O) groups is 2. The van der Waals surface area contributed by atoms with Crippen LogP contribution in [0.15, 0.2) is 24.3 Å². The van der Waals surface area contributed by atoms with E-state index in [1.807, 2.05) is 29.2 Å². The van der Waals surface area contributed by atoms with Gasteiger partial charge in [-0.1, -0.05) is 12.1 Å². The monoisotopic (exact) mass is 284 g/mol. The number of carbonyl (C=O) groups excluding carboxylic acids is 2. The van der Waals surface area contributed by atoms with Crippen LogP contribution >= 0.6 is 0 Å². The van der Waals surface area contributed by atoms with Crippen LogP contribution in [0.2, 0.25) is 0 Å². The summed E-state index contributed by atoms with van der Waals surface area (Å²) in [5.41, 5.74) is 1.65. The van der Waals surface area contributed by atoms with Gasteiger partial charge in [0.05, 0.1) is 11.0 Å². The number of aromatic amines is 1. The van der Waals surface area contributed by atoms with Gasteiger partial charge in [0, 0.05) is 25.0 Å². The van der Waals surface area contributed by atoms with E-state index in [0.717, 1.165) is 23.9 Å². The van der Waals surface area contributed by atoms with Crippen molar-refractivity contribution >= 4 is 22.8 Å². The molecule has 2 N–H and O–H groups in total. The number of hydrogen-bond donors (Lipinski definition) is 2. The van der Waals surface area contributed by atoms with Crippen molar-refractivity contribution in [2.75, 3.05) is 6.54 Å². The van der Waals surface area contributed by atoms with Crippen molar-refractivity contribution in [2.24, 2.45) is 0 Å². The van der Waals surface area contributed by atoms with E-state index in [2.05, 4.69) is 15.3 Å². The van der Waals surface area contributed by atoms with Gasteiger partial charge in [-0.05, 0) is 25.0 Å². The molecule has 1 aromatic heterocycles. The molecule has 3 heterocycles. The minimum Gasteiger partial charge on any atom is -0.354 e. The first-order valence-corrected chi connectivity index (χ1v) is 7.26. The fourth-order valence-electron chi connectivity index (χ4n) is 3.39. The topological polar surface area (TPSA) is 78.1 Å². The number of para-hydroxylation sites is 2. The van der Waals surface area contributed by atoms with E-state index >= 15 is 0 Å². The van der Waals surface area contributed by atoms with Crippen molar-refractivity contribution in [1.82, 2.24) is 20.2 Å². The molecular formula is C15H16N4O2. The zero-order valence-corrected chi connectivity index (χ0v) is 11.5. The lowest BCUT2D eigenvalue weighted by atomic mass is 10.1. The van der Waals surface area contributed by atoms with Gasteiger partial charge in [-0.2, -0.15) is 0 Å². The van der Waals surface area contributed by atoms with E-state index in [1.54, 1.807) is 0 Å². The van der Waals surface area contributed by atoms with Crippen LogP contribution < -0.4 is 5.32 Å². The number of imidazole rings is 1. The molecule has 2 atom stereocenters. The first kappa shape index (κ1) is 12.4. The quantitative estimate of drug-likeness (QED) is 0.822. The molecule has 0 radical (unpaired) electrons. The SMILES string of the molecule is O=C1C[C@@H]2CC[C@H](CN1)N2C(=O)c1nc2ccccc2[nH]1. The molecular weight excluding hydrogens is 268 g/mol. The van der Waals surface area contributed by atoms with Crippen LogP contribution in [0, 0.1) is 0 Å². The van der Waals surface area contributed by atoms with E-state index in [9.17, 15) is 9.59 Å². The first-order chi connectivity index (χ1) is 10.2. The number of fused-ring (bicyclic) bond motifs is 3. The zero-order chi connectivity index (χ0) is 14.4.